The zero-order chi connectivity index (χ0) is 10.9. The van der Waals surface area contributed by atoms with E-state index in [1.807, 2.05) is 24.3 Å². The maximum Gasteiger partial charge on any atom is 0.120 e. The number of quaternary nitrogens is 1. The van der Waals surface area contributed by atoms with Crippen LogP contribution >= 0.6 is 15.9 Å². The van der Waals surface area contributed by atoms with Gasteiger partial charge in [-0.1, -0.05) is 22.0 Å². The summed E-state index contributed by atoms with van der Waals surface area (Å²) >= 11 is 3.39. The van der Waals surface area contributed by atoms with Crippen LogP contribution < -0.4 is 10.1 Å². The summed E-state index contributed by atoms with van der Waals surface area (Å²) in [6.45, 7) is 2.73. The van der Waals surface area contributed by atoms with Crippen LogP contribution in [0.1, 0.15) is 6.42 Å². The molecule has 1 rings (SSSR count). The van der Waals surface area contributed by atoms with E-state index in [2.05, 4.69) is 21.2 Å². The second-order valence-electron chi connectivity index (χ2n) is 3.25. The quantitative estimate of drug-likeness (QED) is 0.722. The first-order chi connectivity index (χ1) is 7.33. The second-order valence-corrected chi connectivity index (χ2v) is 4.16. The molecule has 0 saturated carbocycles. The lowest BCUT2D eigenvalue weighted by Gasteiger charge is -2.05. The van der Waals surface area contributed by atoms with Crippen LogP contribution in [0.2, 0.25) is 0 Å². The highest BCUT2D eigenvalue weighted by Crippen LogP contribution is 2.17. The van der Waals surface area contributed by atoms with E-state index in [1.165, 1.54) is 0 Å². The number of ether oxygens (including phenoxy) is 1. The maximum atomic E-state index is 8.56. The summed E-state index contributed by atoms with van der Waals surface area (Å²) in [6.07, 6.45) is 0.993. The fourth-order valence-corrected chi connectivity index (χ4v) is 1.59. The van der Waals surface area contributed by atoms with Gasteiger partial charge in [0, 0.05) is 10.9 Å². The van der Waals surface area contributed by atoms with Crippen LogP contribution in [-0.4, -0.2) is 31.4 Å². The van der Waals surface area contributed by atoms with Crippen molar-refractivity contribution in [2.24, 2.45) is 0 Å². The van der Waals surface area contributed by atoms with Gasteiger partial charge < -0.3 is 15.2 Å². The van der Waals surface area contributed by atoms with Gasteiger partial charge in [0.1, 0.15) is 5.75 Å². The Hall–Kier alpha value is -0.580. The van der Waals surface area contributed by atoms with Crippen molar-refractivity contribution in [3.63, 3.8) is 0 Å². The molecule has 0 fully saturated rings. The van der Waals surface area contributed by atoms with Crippen molar-refractivity contribution in [2.45, 2.75) is 6.42 Å². The Morgan fingerprint density at radius 1 is 1.33 bits per heavy atom. The van der Waals surface area contributed by atoms with E-state index in [4.69, 9.17) is 9.84 Å². The molecule has 84 valence electrons. The average molecular weight is 275 g/mol. The Morgan fingerprint density at radius 3 is 2.93 bits per heavy atom. The van der Waals surface area contributed by atoms with Gasteiger partial charge in [0.05, 0.1) is 26.3 Å². The Kier molecular flexibility index (Phi) is 6.39. The molecule has 3 nitrogen and oxygen atoms in total. The van der Waals surface area contributed by atoms with Gasteiger partial charge in [-0.15, -0.1) is 0 Å². The first kappa shape index (κ1) is 12.5. The van der Waals surface area contributed by atoms with Crippen molar-refractivity contribution in [2.75, 3.05) is 26.3 Å². The normalized spacial score (nSPS) is 10.3. The SMILES string of the molecule is OCC[NH2+]CCCOc1cccc(Br)c1. The molecule has 1 aromatic carbocycles. The topological polar surface area (TPSA) is 46.1 Å². The van der Waals surface area contributed by atoms with Crippen molar-refractivity contribution in [3.05, 3.63) is 28.7 Å². The predicted octanol–water partition coefficient (Wildman–Crippen LogP) is 0.774. The molecular weight excluding hydrogens is 258 g/mol. The lowest BCUT2D eigenvalue weighted by molar-refractivity contribution is -0.656. The first-order valence-corrected chi connectivity index (χ1v) is 5.93. The predicted molar refractivity (Wildman–Crippen MR) is 63.0 cm³/mol. The molecule has 0 aliphatic heterocycles. The highest BCUT2D eigenvalue weighted by atomic mass is 79.9. The molecule has 0 spiro atoms. The minimum Gasteiger partial charge on any atom is -0.493 e. The molecule has 0 atom stereocenters. The molecule has 3 N–H and O–H groups in total. The van der Waals surface area contributed by atoms with E-state index in [0.717, 1.165) is 36.3 Å². The number of rotatable bonds is 7. The summed E-state index contributed by atoms with van der Waals surface area (Å²) < 4.78 is 6.59. The third kappa shape index (κ3) is 5.77. The van der Waals surface area contributed by atoms with E-state index in [1.54, 1.807) is 0 Å². The number of nitrogens with two attached hydrogens (primary N) is 1. The van der Waals surface area contributed by atoms with Crippen molar-refractivity contribution in [1.82, 2.24) is 0 Å². The first-order valence-electron chi connectivity index (χ1n) is 5.14. The van der Waals surface area contributed by atoms with E-state index in [9.17, 15) is 0 Å². The van der Waals surface area contributed by atoms with Crippen molar-refractivity contribution >= 4 is 15.9 Å². The Labute approximate surface area is 98.6 Å². The van der Waals surface area contributed by atoms with Gasteiger partial charge in [0.2, 0.25) is 0 Å². The van der Waals surface area contributed by atoms with Gasteiger partial charge in [-0.2, -0.15) is 0 Å². The number of hydrogen-bond acceptors (Lipinski definition) is 2. The highest BCUT2D eigenvalue weighted by molar-refractivity contribution is 9.10. The molecule has 0 heterocycles. The summed E-state index contributed by atoms with van der Waals surface area (Å²) in [5.74, 6) is 0.895. The van der Waals surface area contributed by atoms with Crippen LogP contribution in [-0.2, 0) is 0 Å². The minimum absolute atomic E-state index is 0.243. The fourth-order valence-electron chi connectivity index (χ4n) is 1.21. The van der Waals surface area contributed by atoms with E-state index >= 15 is 0 Å². The summed E-state index contributed by atoms with van der Waals surface area (Å²) in [7, 11) is 0. The van der Waals surface area contributed by atoms with E-state index in [-0.39, 0.29) is 6.61 Å². The molecule has 0 unspecified atom stereocenters. The van der Waals surface area contributed by atoms with E-state index < -0.39 is 0 Å². The van der Waals surface area contributed by atoms with Crippen LogP contribution in [0.4, 0.5) is 0 Å². The van der Waals surface area contributed by atoms with Crippen LogP contribution in [0.15, 0.2) is 28.7 Å². The number of halogens is 1. The zero-order valence-electron chi connectivity index (χ0n) is 8.66. The Bertz CT molecular complexity index is 281. The molecule has 4 heteroatoms. The summed E-state index contributed by atoms with van der Waals surface area (Å²) in [5, 5.41) is 10.7. The zero-order valence-corrected chi connectivity index (χ0v) is 10.2. The minimum atomic E-state index is 0.243. The molecule has 1 aromatic rings. The van der Waals surface area contributed by atoms with Gasteiger partial charge in [-0.3, -0.25) is 0 Å². The van der Waals surface area contributed by atoms with Gasteiger partial charge in [0.15, 0.2) is 0 Å². The molecular formula is C11H17BrNO2+. The van der Waals surface area contributed by atoms with Crippen molar-refractivity contribution in [3.8, 4) is 5.75 Å². The third-order valence-corrected chi connectivity index (χ3v) is 2.44. The van der Waals surface area contributed by atoms with Crippen LogP contribution in [0, 0.1) is 0 Å². The van der Waals surface area contributed by atoms with Crippen molar-refractivity contribution in [1.29, 1.82) is 0 Å². The smallest absolute Gasteiger partial charge is 0.120 e. The van der Waals surface area contributed by atoms with Crippen molar-refractivity contribution < 1.29 is 15.2 Å². The number of aliphatic hydroxyl groups is 1. The largest absolute Gasteiger partial charge is 0.493 e. The molecule has 0 bridgehead atoms. The highest BCUT2D eigenvalue weighted by Gasteiger charge is 1.95. The van der Waals surface area contributed by atoms with Crippen LogP contribution in [0.5, 0.6) is 5.75 Å². The summed E-state index contributed by atoms with van der Waals surface area (Å²) in [5.41, 5.74) is 0. The second kappa shape index (κ2) is 7.68. The van der Waals surface area contributed by atoms with Gasteiger partial charge in [-0.05, 0) is 18.2 Å². The summed E-state index contributed by atoms with van der Waals surface area (Å²) in [6, 6.07) is 7.83. The lowest BCUT2D eigenvalue weighted by atomic mass is 10.3. The Balaban J connectivity index is 2.10. The molecule has 0 aliphatic carbocycles. The van der Waals surface area contributed by atoms with Gasteiger partial charge in [0.25, 0.3) is 0 Å². The lowest BCUT2D eigenvalue weighted by Crippen LogP contribution is -2.85. The van der Waals surface area contributed by atoms with Crippen LogP contribution in [0.3, 0.4) is 0 Å². The molecule has 0 saturated heterocycles. The van der Waals surface area contributed by atoms with Crippen LogP contribution in [0.25, 0.3) is 0 Å². The van der Waals surface area contributed by atoms with Gasteiger partial charge >= 0.3 is 0 Å². The van der Waals surface area contributed by atoms with E-state index in [0.29, 0.717) is 0 Å². The number of aliphatic hydroxyl groups excluding tert-OH is 1. The number of benzene rings is 1. The molecule has 0 radical (unpaired) electrons. The maximum absolute atomic E-state index is 8.56. The standard InChI is InChI=1S/C11H16BrNO2/c12-10-3-1-4-11(9-10)15-8-2-5-13-6-7-14/h1,3-4,9,13-14H,2,5-8H2/p+1. The fraction of sp³-hybridized carbons (Fsp3) is 0.455. The monoisotopic (exact) mass is 274 g/mol. The average Bonchev–Trinajstić information content (AvgIpc) is 2.23. The molecule has 0 amide bonds. The summed E-state index contributed by atoms with van der Waals surface area (Å²) in [4.78, 5) is 0. The molecule has 0 aromatic heterocycles. The third-order valence-electron chi connectivity index (χ3n) is 1.95. The van der Waals surface area contributed by atoms with Gasteiger partial charge in [-0.25, -0.2) is 0 Å². The number of hydrogen-bond donors (Lipinski definition) is 2. The molecule has 0 aliphatic rings. The Morgan fingerprint density at radius 2 is 2.20 bits per heavy atom. The molecule has 15 heavy (non-hydrogen) atoms.